The number of thioether (sulfide) groups is 1. The fraction of sp³-hybridized carbons (Fsp3) is 0.636. The number of aliphatic carboxylic acids is 1. The van der Waals surface area contributed by atoms with Crippen LogP contribution in [0.15, 0.2) is 23.2 Å². The van der Waals surface area contributed by atoms with Crippen LogP contribution in [0, 0.1) is 0 Å². The number of hydrogen-bond acceptors (Lipinski definition) is 10. The van der Waals surface area contributed by atoms with Gasteiger partial charge >= 0.3 is 5.97 Å². The third kappa shape index (κ3) is 9.48. The minimum absolute atomic E-state index is 0.0641. The maximum absolute atomic E-state index is 11.4. The number of benzene rings is 1. The average molecular weight is 488 g/mol. The first kappa shape index (κ1) is 27.4. The zero-order valence-corrected chi connectivity index (χ0v) is 19.9. The van der Waals surface area contributed by atoms with Crippen molar-refractivity contribution in [1.82, 2.24) is 0 Å². The lowest BCUT2D eigenvalue weighted by molar-refractivity contribution is -0.141. The lowest BCUT2D eigenvalue weighted by Crippen LogP contribution is -2.33. The molecule has 0 aliphatic carbocycles. The van der Waals surface area contributed by atoms with Gasteiger partial charge in [0, 0.05) is 12.9 Å². The molecule has 2 rings (SSSR count). The third-order valence-corrected chi connectivity index (χ3v) is 5.85. The summed E-state index contributed by atoms with van der Waals surface area (Å²) in [4.78, 5) is 15.7. The highest BCUT2D eigenvalue weighted by Crippen LogP contribution is 2.37. The topological polar surface area (TPSA) is 125 Å². The van der Waals surface area contributed by atoms with Crippen molar-refractivity contribution < 1.29 is 43.4 Å². The Morgan fingerprint density at radius 3 is 2.03 bits per heavy atom. The minimum atomic E-state index is -1.19. The molecule has 1 aromatic carbocycles. The highest BCUT2D eigenvalue weighted by Gasteiger charge is 2.39. The molecule has 0 amide bonds. The molecule has 11 heteroatoms. The molecule has 0 saturated carbocycles. The van der Waals surface area contributed by atoms with Gasteiger partial charge in [0.2, 0.25) is 0 Å². The number of phenolic OH excluding ortho intramolecular Hbond substituents is 1. The number of nitrogens with zero attached hydrogens (tertiary/aromatic N) is 1. The lowest BCUT2D eigenvalue weighted by atomic mass is 10.1. The van der Waals surface area contributed by atoms with Crippen LogP contribution in [0.3, 0.4) is 0 Å². The Balaban J connectivity index is 1.56. The standard InChI is InChI=1S/C22H33NO9S/c1-22(21(25)26)16-33-20(23-22)17-4-3-5-18(19(17)24)32-15-14-31-13-12-30-11-10-29-9-8-28-7-6-27-2/h3-5,24H,6-16H2,1-2H3,(H,25,26)/t22-/m1/s1. The number of carboxylic acid groups (broad SMARTS) is 1. The van der Waals surface area contributed by atoms with Crippen LogP contribution >= 0.6 is 11.8 Å². The van der Waals surface area contributed by atoms with Gasteiger partial charge in [0.1, 0.15) is 11.7 Å². The van der Waals surface area contributed by atoms with E-state index in [1.807, 2.05) is 0 Å². The Morgan fingerprint density at radius 1 is 0.970 bits per heavy atom. The molecular weight excluding hydrogens is 454 g/mol. The van der Waals surface area contributed by atoms with E-state index in [9.17, 15) is 15.0 Å². The van der Waals surface area contributed by atoms with Crippen LogP contribution in [0.25, 0.3) is 0 Å². The van der Waals surface area contributed by atoms with E-state index in [0.29, 0.717) is 81.6 Å². The second-order valence-electron chi connectivity index (χ2n) is 7.23. The summed E-state index contributed by atoms with van der Waals surface area (Å²) in [6.07, 6.45) is 0. The van der Waals surface area contributed by atoms with Crippen LogP contribution in [0.5, 0.6) is 11.5 Å². The largest absolute Gasteiger partial charge is 0.504 e. The van der Waals surface area contributed by atoms with Crippen LogP contribution in [-0.4, -0.2) is 106 Å². The molecule has 1 aliphatic rings. The monoisotopic (exact) mass is 487 g/mol. The van der Waals surface area contributed by atoms with Gasteiger partial charge in [-0.3, -0.25) is 4.99 Å². The van der Waals surface area contributed by atoms with E-state index in [4.69, 9.17) is 28.4 Å². The molecule has 0 bridgehead atoms. The number of carboxylic acids is 1. The van der Waals surface area contributed by atoms with Crippen molar-refractivity contribution in [1.29, 1.82) is 0 Å². The smallest absolute Gasteiger partial charge is 0.332 e. The van der Waals surface area contributed by atoms with Gasteiger partial charge in [0.25, 0.3) is 0 Å². The van der Waals surface area contributed by atoms with Crippen molar-refractivity contribution in [2.45, 2.75) is 12.5 Å². The van der Waals surface area contributed by atoms with E-state index >= 15 is 0 Å². The van der Waals surface area contributed by atoms with E-state index in [1.54, 1.807) is 32.2 Å². The van der Waals surface area contributed by atoms with Crippen molar-refractivity contribution >= 4 is 22.8 Å². The van der Waals surface area contributed by atoms with Crippen molar-refractivity contribution in [3.8, 4) is 11.5 Å². The Labute approximate surface area is 198 Å². The SMILES string of the molecule is COCCOCCOCCOCCOCCOc1cccc(C2=N[C@@](C)(C(=O)O)CS2)c1O. The van der Waals surface area contributed by atoms with Crippen molar-refractivity contribution in [2.24, 2.45) is 4.99 Å². The highest BCUT2D eigenvalue weighted by atomic mass is 32.2. The molecule has 186 valence electrons. The third-order valence-electron chi connectivity index (χ3n) is 4.56. The average Bonchev–Trinajstić information content (AvgIpc) is 3.21. The molecule has 1 aliphatic heterocycles. The summed E-state index contributed by atoms with van der Waals surface area (Å²) < 4.78 is 32.0. The second-order valence-corrected chi connectivity index (χ2v) is 8.19. The number of carbonyl (C=O) groups is 1. The summed E-state index contributed by atoms with van der Waals surface area (Å²) >= 11 is 1.30. The molecule has 0 saturated heterocycles. The summed E-state index contributed by atoms with van der Waals surface area (Å²) in [6, 6.07) is 5.06. The first-order chi connectivity index (χ1) is 16.0. The molecule has 0 aromatic heterocycles. The van der Waals surface area contributed by atoms with Gasteiger partial charge in [-0.05, 0) is 19.1 Å². The van der Waals surface area contributed by atoms with Crippen LogP contribution in [0.1, 0.15) is 12.5 Å². The Morgan fingerprint density at radius 2 is 1.52 bits per heavy atom. The van der Waals surface area contributed by atoms with Gasteiger partial charge in [-0.25, -0.2) is 4.79 Å². The highest BCUT2D eigenvalue weighted by molar-refractivity contribution is 8.14. The maximum Gasteiger partial charge on any atom is 0.332 e. The van der Waals surface area contributed by atoms with Crippen LogP contribution in [-0.2, 0) is 28.5 Å². The molecule has 1 heterocycles. The number of para-hydroxylation sites is 1. The van der Waals surface area contributed by atoms with Gasteiger partial charge in [-0.15, -0.1) is 11.8 Å². The zero-order valence-electron chi connectivity index (χ0n) is 19.1. The predicted molar refractivity (Wildman–Crippen MR) is 124 cm³/mol. The Kier molecular flexibility index (Phi) is 12.5. The summed E-state index contributed by atoms with van der Waals surface area (Å²) in [6.45, 7) is 6.12. The van der Waals surface area contributed by atoms with Crippen molar-refractivity contribution in [3.63, 3.8) is 0 Å². The summed E-state index contributed by atoms with van der Waals surface area (Å²) in [5.74, 6) is -0.448. The molecular formula is C22H33NO9S. The fourth-order valence-corrected chi connectivity index (χ4v) is 3.86. The van der Waals surface area contributed by atoms with Gasteiger partial charge in [0.15, 0.2) is 17.0 Å². The normalized spacial score (nSPS) is 17.8. The number of ether oxygens (including phenoxy) is 6. The molecule has 10 nitrogen and oxygen atoms in total. The van der Waals surface area contributed by atoms with Crippen molar-refractivity contribution in [2.75, 3.05) is 78.9 Å². The number of phenols is 1. The minimum Gasteiger partial charge on any atom is -0.504 e. The summed E-state index contributed by atoms with van der Waals surface area (Å²) in [5.41, 5.74) is -0.732. The molecule has 0 spiro atoms. The number of rotatable bonds is 18. The molecule has 2 N–H and O–H groups in total. The van der Waals surface area contributed by atoms with E-state index in [2.05, 4.69) is 4.99 Å². The second kappa shape index (κ2) is 15.1. The lowest BCUT2D eigenvalue weighted by Gasteiger charge is -2.12. The molecule has 1 aromatic rings. The number of hydrogen-bond donors (Lipinski definition) is 2. The molecule has 0 unspecified atom stereocenters. The van der Waals surface area contributed by atoms with Gasteiger partial charge in [0.05, 0.1) is 65.0 Å². The van der Waals surface area contributed by atoms with Gasteiger partial charge in [-0.2, -0.15) is 0 Å². The quantitative estimate of drug-likeness (QED) is 0.296. The number of aliphatic imine (C=N–C) groups is 1. The molecule has 1 atom stereocenters. The molecule has 0 fully saturated rings. The van der Waals surface area contributed by atoms with Crippen molar-refractivity contribution in [3.05, 3.63) is 23.8 Å². The molecule has 0 radical (unpaired) electrons. The predicted octanol–water partition coefficient (Wildman–Crippen LogP) is 1.82. The first-order valence-electron chi connectivity index (χ1n) is 10.7. The first-order valence-corrected chi connectivity index (χ1v) is 11.7. The van der Waals surface area contributed by atoms with E-state index in [1.165, 1.54) is 11.8 Å². The van der Waals surface area contributed by atoms with Crippen LogP contribution < -0.4 is 4.74 Å². The Bertz CT molecular complexity index is 761. The molecule has 33 heavy (non-hydrogen) atoms. The number of aromatic hydroxyl groups is 1. The van der Waals surface area contributed by atoms with Crippen LogP contribution in [0.4, 0.5) is 0 Å². The fourth-order valence-electron chi connectivity index (χ4n) is 2.67. The zero-order chi connectivity index (χ0) is 23.9. The Hall–Kier alpha value is -1.89. The number of methoxy groups -OCH3 is 1. The van der Waals surface area contributed by atoms with Gasteiger partial charge < -0.3 is 38.6 Å². The summed E-state index contributed by atoms with van der Waals surface area (Å²) in [7, 11) is 1.63. The van der Waals surface area contributed by atoms with E-state index in [-0.39, 0.29) is 12.4 Å². The summed E-state index contributed by atoms with van der Waals surface area (Å²) in [5, 5.41) is 20.3. The van der Waals surface area contributed by atoms with E-state index in [0.717, 1.165) is 0 Å². The van der Waals surface area contributed by atoms with E-state index < -0.39 is 11.5 Å². The van der Waals surface area contributed by atoms with Crippen LogP contribution in [0.2, 0.25) is 0 Å². The maximum atomic E-state index is 11.4. The van der Waals surface area contributed by atoms with Gasteiger partial charge in [-0.1, -0.05) is 6.07 Å².